The van der Waals surface area contributed by atoms with Gasteiger partial charge in [-0.3, -0.25) is 20.4 Å². The number of benzene rings is 3. The van der Waals surface area contributed by atoms with E-state index >= 15 is 0 Å². The van der Waals surface area contributed by atoms with Crippen LogP contribution in [0, 0.1) is 13.8 Å². The zero-order valence-corrected chi connectivity index (χ0v) is 20.8. The molecule has 190 valence electrons. The van der Waals surface area contributed by atoms with Crippen molar-refractivity contribution in [2.75, 3.05) is 6.61 Å². The average Bonchev–Trinajstić information content (AvgIpc) is 3.40. The van der Waals surface area contributed by atoms with Crippen molar-refractivity contribution in [3.63, 3.8) is 0 Å². The molecule has 0 radical (unpaired) electrons. The molecule has 2 N–H and O–H groups in total. The van der Waals surface area contributed by atoms with Crippen LogP contribution < -0.4 is 20.3 Å². The number of hydrogen-bond acceptors (Lipinski definition) is 6. The summed E-state index contributed by atoms with van der Waals surface area (Å²) in [5.74, 6) is 1.47. The van der Waals surface area contributed by atoms with Crippen molar-refractivity contribution in [1.82, 2.24) is 15.8 Å². The fourth-order valence-electron chi connectivity index (χ4n) is 3.43. The van der Waals surface area contributed by atoms with E-state index in [1.54, 1.807) is 30.5 Å². The van der Waals surface area contributed by atoms with Gasteiger partial charge < -0.3 is 13.9 Å². The van der Waals surface area contributed by atoms with Crippen LogP contribution in [-0.4, -0.2) is 23.4 Å². The third kappa shape index (κ3) is 7.70. The van der Waals surface area contributed by atoms with Crippen molar-refractivity contribution in [3.05, 3.63) is 102 Å². The molecule has 0 aliphatic carbocycles. The van der Waals surface area contributed by atoms with Gasteiger partial charge in [0, 0.05) is 18.4 Å². The molecule has 0 saturated heterocycles. The number of carbonyl (C=O) groups excluding carboxylic acids is 2. The lowest BCUT2D eigenvalue weighted by Gasteiger charge is -2.10. The van der Waals surface area contributed by atoms with Crippen molar-refractivity contribution in [1.29, 1.82) is 0 Å². The number of ether oxygens (including phenoxy) is 2. The maximum Gasteiger partial charge on any atom is 0.276 e. The van der Waals surface area contributed by atoms with Crippen LogP contribution in [-0.2, 0) is 22.6 Å². The summed E-state index contributed by atoms with van der Waals surface area (Å²) in [6, 6.07) is 22.9. The Kier molecular flexibility index (Phi) is 8.54. The van der Waals surface area contributed by atoms with Crippen LogP contribution >= 0.6 is 0 Å². The van der Waals surface area contributed by atoms with Crippen LogP contribution in [0.5, 0.6) is 11.5 Å². The van der Waals surface area contributed by atoms with Crippen LogP contribution in [0.4, 0.5) is 0 Å². The predicted octanol–water partition coefficient (Wildman–Crippen LogP) is 4.70. The zero-order valence-electron chi connectivity index (χ0n) is 20.8. The molecule has 3 aromatic carbocycles. The third-order valence-electron chi connectivity index (χ3n) is 5.69. The molecule has 0 fully saturated rings. The second kappa shape index (κ2) is 12.4. The number of nitrogens with one attached hydrogen (secondary N) is 2. The minimum Gasteiger partial charge on any atom is -0.489 e. The van der Waals surface area contributed by atoms with Crippen LogP contribution in [0.25, 0.3) is 11.3 Å². The Morgan fingerprint density at radius 2 is 1.54 bits per heavy atom. The number of carbonyl (C=O) groups is 2. The minimum atomic E-state index is -0.481. The van der Waals surface area contributed by atoms with Crippen molar-refractivity contribution in [3.8, 4) is 22.8 Å². The molecule has 0 unspecified atom stereocenters. The summed E-state index contributed by atoms with van der Waals surface area (Å²) in [7, 11) is 0. The molecule has 0 spiro atoms. The van der Waals surface area contributed by atoms with E-state index in [-0.39, 0.29) is 18.9 Å². The van der Waals surface area contributed by atoms with Crippen molar-refractivity contribution in [2.24, 2.45) is 0 Å². The SMILES string of the molecule is Cc1ccc(-c2cnc(CCC(=O)NNC(=O)COc3ccc(OCc4ccccc4)cc3)o2)cc1C. The summed E-state index contributed by atoms with van der Waals surface area (Å²) in [5.41, 5.74) is 9.10. The highest BCUT2D eigenvalue weighted by Gasteiger charge is 2.11. The van der Waals surface area contributed by atoms with Crippen LogP contribution in [0.1, 0.15) is 29.0 Å². The van der Waals surface area contributed by atoms with E-state index in [1.807, 2.05) is 55.5 Å². The van der Waals surface area contributed by atoms with Gasteiger partial charge in [-0.1, -0.05) is 42.5 Å². The zero-order chi connectivity index (χ0) is 26.0. The fourth-order valence-corrected chi connectivity index (χ4v) is 3.43. The lowest BCUT2D eigenvalue weighted by molar-refractivity contribution is -0.130. The van der Waals surface area contributed by atoms with E-state index in [0.717, 1.165) is 11.1 Å². The molecule has 0 aliphatic heterocycles. The van der Waals surface area contributed by atoms with Crippen LogP contribution in [0.2, 0.25) is 0 Å². The van der Waals surface area contributed by atoms with Gasteiger partial charge in [0.25, 0.3) is 5.91 Å². The van der Waals surface area contributed by atoms with Crippen LogP contribution in [0.15, 0.2) is 83.4 Å². The highest BCUT2D eigenvalue weighted by Crippen LogP contribution is 2.23. The first-order valence-electron chi connectivity index (χ1n) is 12.0. The van der Waals surface area contributed by atoms with Gasteiger partial charge in [0.2, 0.25) is 5.91 Å². The number of oxazole rings is 1. The lowest BCUT2D eigenvalue weighted by atomic mass is 10.1. The molecular formula is C29H29N3O5. The molecule has 0 aliphatic rings. The molecule has 1 aromatic heterocycles. The number of nitrogens with zero attached hydrogens (tertiary/aromatic N) is 1. The van der Waals surface area contributed by atoms with E-state index in [0.29, 0.717) is 36.2 Å². The monoisotopic (exact) mass is 499 g/mol. The minimum absolute atomic E-state index is 0.110. The number of rotatable bonds is 10. The number of aryl methyl sites for hydroxylation is 3. The molecule has 0 bridgehead atoms. The molecule has 37 heavy (non-hydrogen) atoms. The molecule has 0 saturated carbocycles. The molecule has 8 heteroatoms. The van der Waals surface area contributed by atoms with Gasteiger partial charge in [-0.05, 0) is 60.9 Å². The summed E-state index contributed by atoms with van der Waals surface area (Å²) < 4.78 is 17.0. The van der Waals surface area contributed by atoms with Gasteiger partial charge in [-0.2, -0.15) is 0 Å². The van der Waals surface area contributed by atoms with Gasteiger partial charge in [0.15, 0.2) is 18.3 Å². The van der Waals surface area contributed by atoms with Gasteiger partial charge >= 0.3 is 0 Å². The summed E-state index contributed by atoms with van der Waals surface area (Å²) in [6.07, 6.45) is 2.07. The predicted molar refractivity (Wildman–Crippen MR) is 139 cm³/mol. The Bertz CT molecular complexity index is 1330. The standard InChI is InChI=1S/C29H29N3O5/c1-20-8-9-23(16-21(20)2)26-17-30-29(37-26)15-14-27(33)31-32-28(34)19-36-25-12-10-24(11-13-25)35-18-22-6-4-3-5-7-22/h3-13,16-17H,14-15,18-19H2,1-2H3,(H,31,33)(H,32,34). The number of amides is 2. The molecule has 4 aromatic rings. The van der Waals surface area contributed by atoms with Gasteiger partial charge in [0.1, 0.15) is 18.1 Å². The van der Waals surface area contributed by atoms with Gasteiger partial charge in [-0.25, -0.2) is 4.98 Å². The summed E-state index contributed by atoms with van der Waals surface area (Å²) in [5, 5.41) is 0. The molecule has 8 nitrogen and oxygen atoms in total. The molecule has 0 atom stereocenters. The van der Waals surface area contributed by atoms with Gasteiger partial charge in [-0.15, -0.1) is 0 Å². The first-order chi connectivity index (χ1) is 18.0. The topological polar surface area (TPSA) is 103 Å². The van der Waals surface area contributed by atoms with E-state index in [1.165, 1.54) is 11.1 Å². The smallest absolute Gasteiger partial charge is 0.276 e. The second-order valence-corrected chi connectivity index (χ2v) is 8.55. The summed E-state index contributed by atoms with van der Waals surface area (Å²) in [6.45, 7) is 4.31. The first-order valence-corrected chi connectivity index (χ1v) is 12.0. The van der Waals surface area contributed by atoms with Crippen molar-refractivity contribution >= 4 is 11.8 Å². The number of hydrogen-bond donors (Lipinski definition) is 2. The summed E-state index contributed by atoms with van der Waals surface area (Å²) >= 11 is 0. The Balaban J connectivity index is 1.14. The van der Waals surface area contributed by atoms with E-state index in [4.69, 9.17) is 13.9 Å². The molecule has 4 rings (SSSR count). The van der Waals surface area contributed by atoms with E-state index < -0.39 is 5.91 Å². The Hall–Kier alpha value is -4.59. The Labute approximate surface area is 215 Å². The van der Waals surface area contributed by atoms with Crippen molar-refractivity contribution < 1.29 is 23.5 Å². The third-order valence-corrected chi connectivity index (χ3v) is 5.69. The second-order valence-electron chi connectivity index (χ2n) is 8.55. The molecule has 2 amide bonds. The average molecular weight is 500 g/mol. The molecule has 1 heterocycles. The number of aromatic nitrogens is 1. The quantitative estimate of drug-likeness (QED) is 0.307. The maximum atomic E-state index is 12.1. The lowest BCUT2D eigenvalue weighted by Crippen LogP contribution is -2.43. The maximum absolute atomic E-state index is 12.1. The first kappa shape index (κ1) is 25.5. The van der Waals surface area contributed by atoms with Crippen molar-refractivity contribution in [2.45, 2.75) is 33.3 Å². The highest BCUT2D eigenvalue weighted by molar-refractivity contribution is 5.82. The molecular weight excluding hydrogens is 470 g/mol. The Morgan fingerprint density at radius 3 is 2.27 bits per heavy atom. The fraction of sp³-hybridized carbons (Fsp3) is 0.207. The summed E-state index contributed by atoms with van der Waals surface area (Å²) in [4.78, 5) is 28.4. The van der Waals surface area contributed by atoms with E-state index in [9.17, 15) is 9.59 Å². The Morgan fingerprint density at radius 1 is 0.838 bits per heavy atom. The van der Waals surface area contributed by atoms with Gasteiger partial charge in [0.05, 0.1) is 6.20 Å². The number of hydrazine groups is 1. The normalized spacial score (nSPS) is 10.5. The highest BCUT2D eigenvalue weighted by atomic mass is 16.5. The van der Waals surface area contributed by atoms with E-state index in [2.05, 4.69) is 22.8 Å². The van der Waals surface area contributed by atoms with Crippen LogP contribution in [0.3, 0.4) is 0 Å². The largest absolute Gasteiger partial charge is 0.489 e.